The van der Waals surface area contributed by atoms with Crippen molar-refractivity contribution in [2.45, 2.75) is 6.92 Å². The fraction of sp³-hybridized carbons (Fsp3) is 0.111. The lowest BCUT2D eigenvalue weighted by molar-refractivity contribution is 0.684. The van der Waals surface area contributed by atoms with Crippen LogP contribution in [0.25, 0.3) is 16.6 Å². The Morgan fingerprint density at radius 3 is 2.59 bits per heavy atom. The molecule has 2 N–H and O–H groups in total. The van der Waals surface area contributed by atoms with E-state index in [4.69, 9.17) is 0 Å². The van der Waals surface area contributed by atoms with Crippen LogP contribution >= 0.6 is 0 Å². The molecule has 22 heavy (non-hydrogen) atoms. The third kappa shape index (κ3) is 1.96. The lowest BCUT2D eigenvalue weighted by Crippen LogP contribution is -2.36. The smallest absolute Gasteiger partial charge is 0.0839 e. The van der Waals surface area contributed by atoms with E-state index in [1.54, 1.807) is 0 Å². The second-order valence-corrected chi connectivity index (χ2v) is 5.58. The van der Waals surface area contributed by atoms with Gasteiger partial charge in [-0.25, -0.2) is 0 Å². The van der Waals surface area contributed by atoms with E-state index >= 15 is 0 Å². The zero-order chi connectivity index (χ0) is 15.1. The minimum atomic E-state index is 1.10. The molecule has 4 nitrogen and oxygen atoms in total. The highest BCUT2D eigenvalue weighted by atomic mass is 15.7. The SMILES string of the molecule is Cc1cc2cc(N3NNC=C3c3ccccc3)ccc2n1C. The Hall–Kier alpha value is -2.72. The number of aromatic nitrogens is 1. The van der Waals surface area contributed by atoms with Gasteiger partial charge in [0.2, 0.25) is 0 Å². The van der Waals surface area contributed by atoms with Crippen molar-refractivity contribution in [1.29, 1.82) is 0 Å². The number of fused-ring (bicyclic) bond motifs is 1. The molecule has 0 fully saturated rings. The van der Waals surface area contributed by atoms with Crippen molar-refractivity contribution in [2.24, 2.45) is 7.05 Å². The summed E-state index contributed by atoms with van der Waals surface area (Å²) in [6, 6.07) is 19.1. The van der Waals surface area contributed by atoms with Crippen molar-refractivity contribution in [3.05, 3.63) is 72.1 Å². The first-order valence-electron chi connectivity index (χ1n) is 7.37. The van der Waals surface area contributed by atoms with Crippen molar-refractivity contribution < 1.29 is 0 Å². The number of rotatable bonds is 2. The van der Waals surface area contributed by atoms with Crippen LogP contribution in [0.15, 0.2) is 60.8 Å². The molecule has 0 aliphatic carbocycles. The first kappa shape index (κ1) is 13.0. The summed E-state index contributed by atoms with van der Waals surface area (Å²) in [5, 5.41) is 3.32. The van der Waals surface area contributed by atoms with Gasteiger partial charge in [-0.1, -0.05) is 30.3 Å². The van der Waals surface area contributed by atoms with Gasteiger partial charge < -0.3 is 9.99 Å². The van der Waals surface area contributed by atoms with Crippen LogP contribution in [-0.4, -0.2) is 4.57 Å². The number of hydrogen-bond donors (Lipinski definition) is 2. The van der Waals surface area contributed by atoms with Crippen molar-refractivity contribution in [2.75, 3.05) is 5.01 Å². The second kappa shape index (κ2) is 4.93. The van der Waals surface area contributed by atoms with E-state index in [-0.39, 0.29) is 0 Å². The Morgan fingerprint density at radius 2 is 1.77 bits per heavy atom. The molecule has 0 atom stereocenters. The molecule has 110 valence electrons. The first-order chi connectivity index (χ1) is 10.7. The molecule has 0 radical (unpaired) electrons. The highest BCUT2D eigenvalue weighted by Crippen LogP contribution is 2.29. The number of aryl methyl sites for hydroxylation is 2. The molecule has 2 heterocycles. The number of hydrogen-bond acceptors (Lipinski definition) is 3. The van der Waals surface area contributed by atoms with Crippen LogP contribution in [0, 0.1) is 6.92 Å². The van der Waals surface area contributed by atoms with E-state index in [0.717, 1.165) is 11.4 Å². The molecular weight excluding hydrogens is 272 g/mol. The van der Waals surface area contributed by atoms with Gasteiger partial charge in [-0.05, 0) is 31.2 Å². The third-order valence-corrected chi connectivity index (χ3v) is 4.22. The number of benzene rings is 2. The number of nitrogens with one attached hydrogen (secondary N) is 2. The molecule has 1 aliphatic heterocycles. The average Bonchev–Trinajstić information content (AvgIpc) is 3.14. The molecule has 0 unspecified atom stereocenters. The third-order valence-electron chi connectivity index (χ3n) is 4.22. The summed E-state index contributed by atoms with van der Waals surface area (Å²) in [7, 11) is 2.10. The highest BCUT2D eigenvalue weighted by Gasteiger charge is 2.18. The first-order valence-corrected chi connectivity index (χ1v) is 7.37. The zero-order valence-electron chi connectivity index (χ0n) is 12.7. The van der Waals surface area contributed by atoms with Crippen LogP contribution in [0.2, 0.25) is 0 Å². The maximum atomic E-state index is 3.19. The van der Waals surface area contributed by atoms with Gasteiger partial charge in [0.05, 0.1) is 11.4 Å². The van der Waals surface area contributed by atoms with Gasteiger partial charge in [0.1, 0.15) is 0 Å². The molecule has 0 saturated carbocycles. The van der Waals surface area contributed by atoms with Gasteiger partial charge >= 0.3 is 0 Å². The van der Waals surface area contributed by atoms with Crippen LogP contribution in [0.3, 0.4) is 0 Å². The summed E-state index contributed by atoms with van der Waals surface area (Å²) in [5.41, 5.74) is 12.2. The largest absolute Gasteiger partial charge is 0.348 e. The number of nitrogens with zero attached hydrogens (tertiary/aromatic N) is 2. The number of anilines is 1. The van der Waals surface area contributed by atoms with Gasteiger partial charge in [0.15, 0.2) is 0 Å². The molecule has 0 amide bonds. The minimum Gasteiger partial charge on any atom is -0.348 e. The Balaban J connectivity index is 1.77. The predicted molar refractivity (Wildman–Crippen MR) is 90.8 cm³/mol. The number of hydrazine groups is 2. The molecule has 0 spiro atoms. The maximum absolute atomic E-state index is 3.19. The summed E-state index contributed by atoms with van der Waals surface area (Å²) in [4.78, 5) is 0. The summed E-state index contributed by atoms with van der Waals surface area (Å²) in [6.45, 7) is 2.13. The molecule has 0 saturated heterocycles. The van der Waals surface area contributed by atoms with Crippen LogP contribution in [0.4, 0.5) is 5.69 Å². The van der Waals surface area contributed by atoms with Crippen molar-refractivity contribution in [3.8, 4) is 0 Å². The van der Waals surface area contributed by atoms with Crippen LogP contribution in [0.1, 0.15) is 11.3 Å². The lowest BCUT2D eigenvalue weighted by Gasteiger charge is -2.21. The summed E-state index contributed by atoms with van der Waals surface area (Å²) in [6.07, 6.45) is 1.98. The minimum absolute atomic E-state index is 1.10. The standard InChI is InChI=1S/C18H18N4/c1-13-10-15-11-16(8-9-17(15)21(13)2)22-18(12-19-20-22)14-6-4-3-5-7-14/h3-12,19-20H,1-2H3. The Morgan fingerprint density at radius 1 is 0.955 bits per heavy atom. The molecular formula is C18H18N4. The Kier molecular flexibility index (Phi) is 2.91. The molecule has 2 aromatic carbocycles. The Labute approximate surface area is 129 Å². The van der Waals surface area contributed by atoms with E-state index in [1.807, 2.05) is 12.3 Å². The molecule has 0 bridgehead atoms. The normalized spacial score (nSPS) is 14.3. The van der Waals surface area contributed by atoms with Crippen molar-refractivity contribution in [3.63, 3.8) is 0 Å². The molecule has 4 rings (SSSR count). The fourth-order valence-electron chi connectivity index (χ4n) is 2.93. The monoisotopic (exact) mass is 290 g/mol. The second-order valence-electron chi connectivity index (χ2n) is 5.58. The maximum Gasteiger partial charge on any atom is 0.0839 e. The van der Waals surface area contributed by atoms with Gasteiger partial charge in [-0.15, -0.1) is 5.53 Å². The topological polar surface area (TPSA) is 32.2 Å². The van der Waals surface area contributed by atoms with Gasteiger partial charge in [-0.2, -0.15) is 0 Å². The zero-order valence-corrected chi connectivity index (χ0v) is 12.7. The molecule has 1 aliphatic rings. The summed E-state index contributed by atoms with van der Waals surface area (Å²) >= 11 is 0. The van der Waals surface area contributed by atoms with Crippen LogP contribution in [-0.2, 0) is 7.05 Å². The lowest BCUT2D eigenvalue weighted by atomic mass is 10.1. The van der Waals surface area contributed by atoms with Crippen LogP contribution in [0.5, 0.6) is 0 Å². The predicted octanol–water partition coefficient (Wildman–Crippen LogP) is 3.31. The van der Waals surface area contributed by atoms with Gasteiger partial charge in [-0.3, -0.25) is 5.01 Å². The van der Waals surface area contributed by atoms with Gasteiger partial charge in [0, 0.05) is 35.4 Å². The Bertz CT molecular complexity index is 861. The van der Waals surface area contributed by atoms with E-state index in [9.17, 15) is 0 Å². The summed E-state index contributed by atoms with van der Waals surface area (Å²) < 4.78 is 2.21. The van der Waals surface area contributed by atoms with E-state index < -0.39 is 0 Å². The summed E-state index contributed by atoms with van der Waals surface area (Å²) in [5.74, 6) is 0. The van der Waals surface area contributed by atoms with E-state index in [0.29, 0.717) is 0 Å². The van der Waals surface area contributed by atoms with Crippen molar-refractivity contribution >= 4 is 22.3 Å². The van der Waals surface area contributed by atoms with Crippen LogP contribution < -0.4 is 16.0 Å². The average molecular weight is 290 g/mol. The van der Waals surface area contributed by atoms with Crippen molar-refractivity contribution in [1.82, 2.24) is 15.5 Å². The van der Waals surface area contributed by atoms with E-state index in [1.165, 1.54) is 22.2 Å². The molecule has 3 aromatic rings. The molecule has 4 heteroatoms. The van der Waals surface area contributed by atoms with E-state index in [2.05, 4.69) is 83.0 Å². The quantitative estimate of drug-likeness (QED) is 0.759. The fourth-order valence-corrected chi connectivity index (χ4v) is 2.93. The molecule has 1 aromatic heterocycles. The highest BCUT2D eigenvalue weighted by molar-refractivity contribution is 5.88. The van der Waals surface area contributed by atoms with Gasteiger partial charge in [0.25, 0.3) is 0 Å².